The van der Waals surface area contributed by atoms with Crippen LogP contribution in [0.2, 0.25) is 10.0 Å². The number of likely N-dealkylation sites (tertiary alicyclic amines) is 1. The van der Waals surface area contributed by atoms with Crippen molar-refractivity contribution in [2.24, 2.45) is 0 Å². The number of para-hydroxylation sites is 1. The molecule has 200 valence electrons. The van der Waals surface area contributed by atoms with Crippen molar-refractivity contribution in [3.63, 3.8) is 0 Å². The molecule has 8 nitrogen and oxygen atoms in total. The lowest BCUT2D eigenvalue weighted by Gasteiger charge is -2.38. The summed E-state index contributed by atoms with van der Waals surface area (Å²) < 4.78 is 33.4. The summed E-state index contributed by atoms with van der Waals surface area (Å²) in [6.07, 6.45) is 4.37. The molecule has 2 N–H and O–H groups in total. The van der Waals surface area contributed by atoms with E-state index >= 15 is 0 Å². The number of sulfone groups is 1. The van der Waals surface area contributed by atoms with Gasteiger partial charge in [0.15, 0.2) is 5.44 Å². The molecule has 0 spiro atoms. The van der Waals surface area contributed by atoms with E-state index in [2.05, 4.69) is 10.3 Å². The van der Waals surface area contributed by atoms with Gasteiger partial charge < -0.3 is 20.1 Å². The molecule has 2 aromatic carbocycles. The van der Waals surface area contributed by atoms with E-state index in [4.69, 9.17) is 27.9 Å². The third-order valence-corrected chi connectivity index (χ3v) is 9.89. The Balaban J connectivity index is 1.31. The number of piperidine rings is 1. The van der Waals surface area contributed by atoms with E-state index in [1.54, 1.807) is 23.4 Å². The average Bonchev–Trinajstić information content (AvgIpc) is 3.34. The molecule has 0 bridgehead atoms. The number of halogens is 2. The standard InChI is InChI=1S/C27H27Cl2N3O5S/c28-21-8-7-20(15-22(21)29)38(35,36)26(24-14-18-4-1-2-6-23(18)31-24)37-17-25(33)32-12-9-27(34,10-13-32)19-5-3-11-30-16-19/h1-8,11,15-16,24,26,31,34H,9-10,12-14,17H2. The van der Waals surface area contributed by atoms with Crippen LogP contribution in [0.25, 0.3) is 0 Å². The van der Waals surface area contributed by atoms with Crippen molar-refractivity contribution >= 4 is 44.6 Å². The van der Waals surface area contributed by atoms with Crippen molar-refractivity contribution in [3.8, 4) is 0 Å². The minimum atomic E-state index is -4.07. The molecular formula is C27H27Cl2N3O5S. The summed E-state index contributed by atoms with van der Waals surface area (Å²) in [5, 5.41) is 14.6. The predicted molar refractivity (Wildman–Crippen MR) is 145 cm³/mol. The zero-order chi connectivity index (χ0) is 26.9. The summed E-state index contributed by atoms with van der Waals surface area (Å²) in [6, 6.07) is 14.6. The number of amides is 1. The highest BCUT2D eigenvalue weighted by molar-refractivity contribution is 7.92. The van der Waals surface area contributed by atoms with Gasteiger partial charge in [-0.2, -0.15) is 0 Å². The Labute approximate surface area is 231 Å². The molecule has 1 aromatic heterocycles. The van der Waals surface area contributed by atoms with Crippen LogP contribution in [-0.4, -0.2) is 60.5 Å². The molecule has 0 aliphatic carbocycles. The quantitative estimate of drug-likeness (QED) is 0.437. The monoisotopic (exact) mass is 575 g/mol. The van der Waals surface area contributed by atoms with Crippen LogP contribution >= 0.6 is 23.2 Å². The molecule has 3 aromatic rings. The molecule has 1 amide bonds. The Bertz CT molecular complexity index is 1400. The molecule has 2 unspecified atom stereocenters. The largest absolute Gasteiger partial charge is 0.385 e. The van der Waals surface area contributed by atoms with Crippen LogP contribution < -0.4 is 5.32 Å². The van der Waals surface area contributed by atoms with E-state index in [0.29, 0.717) is 37.9 Å². The number of ether oxygens (including phenoxy) is 1. The molecule has 0 saturated carbocycles. The van der Waals surface area contributed by atoms with Crippen LogP contribution in [0, 0.1) is 0 Å². The molecule has 0 radical (unpaired) electrons. The van der Waals surface area contributed by atoms with Crippen molar-refractivity contribution in [3.05, 3.63) is 88.2 Å². The van der Waals surface area contributed by atoms with Crippen LogP contribution in [0.3, 0.4) is 0 Å². The van der Waals surface area contributed by atoms with Crippen molar-refractivity contribution in [2.45, 2.75) is 41.2 Å². The number of nitrogens with zero attached hydrogens (tertiary/aromatic N) is 2. The summed E-state index contributed by atoms with van der Waals surface area (Å²) in [5.41, 5.74) is 0.0849. The van der Waals surface area contributed by atoms with Crippen molar-refractivity contribution in [1.82, 2.24) is 9.88 Å². The van der Waals surface area contributed by atoms with Crippen molar-refractivity contribution < 1.29 is 23.1 Å². The van der Waals surface area contributed by atoms with E-state index in [1.807, 2.05) is 30.3 Å². The van der Waals surface area contributed by atoms with Crippen LogP contribution in [0.5, 0.6) is 0 Å². The SMILES string of the molecule is O=C(COC(C1Cc2ccccc2N1)S(=O)(=O)c1ccc(Cl)c(Cl)c1)N1CCC(O)(c2cccnc2)CC1. The van der Waals surface area contributed by atoms with Gasteiger partial charge in [0.25, 0.3) is 0 Å². The highest BCUT2D eigenvalue weighted by Gasteiger charge is 2.41. The van der Waals surface area contributed by atoms with Gasteiger partial charge in [-0.3, -0.25) is 9.78 Å². The van der Waals surface area contributed by atoms with Gasteiger partial charge >= 0.3 is 0 Å². The fourth-order valence-electron chi connectivity index (χ4n) is 5.00. The summed E-state index contributed by atoms with van der Waals surface area (Å²) in [4.78, 5) is 18.7. The Morgan fingerprint density at radius 2 is 1.89 bits per heavy atom. The fraction of sp³-hybridized carbons (Fsp3) is 0.333. The predicted octanol–water partition coefficient (Wildman–Crippen LogP) is 4.05. The number of hydrogen-bond acceptors (Lipinski definition) is 7. The van der Waals surface area contributed by atoms with E-state index in [9.17, 15) is 18.3 Å². The van der Waals surface area contributed by atoms with Gasteiger partial charge in [0, 0.05) is 36.7 Å². The van der Waals surface area contributed by atoms with Gasteiger partial charge in [-0.05, 0) is 55.2 Å². The molecule has 11 heteroatoms. The maximum atomic E-state index is 13.7. The van der Waals surface area contributed by atoms with Gasteiger partial charge in [-0.25, -0.2) is 8.42 Å². The Morgan fingerprint density at radius 3 is 2.58 bits per heavy atom. The summed E-state index contributed by atoms with van der Waals surface area (Å²) in [6.45, 7) is 0.195. The number of anilines is 1. The summed E-state index contributed by atoms with van der Waals surface area (Å²) in [7, 11) is -4.07. The lowest BCUT2D eigenvalue weighted by molar-refractivity contribution is -0.141. The van der Waals surface area contributed by atoms with Crippen LogP contribution in [0.15, 0.2) is 71.9 Å². The second-order valence-electron chi connectivity index (χ2n) is 9.57. The first-order valence-electron chi connectivity index (χ1n) is 12.2. The number of carbonyl (C=O) groups excluding carboxylic acids is 1. The van der Waals surface area contributed by atoms with Gasteiger partial charge in [-0.15, -0.1) is 0 Å². The maximum absolute atomic E-state index is 13.7. The molecule has 2 aliphatic rings. The summed E-state index contributed by atoms with van der Waals surface area (Å²) in [5.74, 6) is -0.344. The zero-order valence-corrected chi connectivity index (χ0v) is 22.7. The highest BCUT2D eigenvalue weighted by Crippen LogP contribution is 2.34. The first-order valence-corrected chi connectivity index (χ1v) is 14.5. The van der Waals surface area contributed by atoms with E-state index < -0.39 is 33.5 Å². The minimum absolute atomic E-state index is 0.0402. The first kappa shape index (κ1) is 26.9. The Morgan fingerprint density at radius 1 is 1.13 bits per heavy atom. The summed E-state index contributed by atoms with van der Waals surface area (Å²) >= 11 is 12.1. The first-order chi connectivity index (χ1) is 18.2. The lowest BCUT2D eigenvalue weighted by atomic mass is 9.85. The molecule has 2 aliphatic heterocycles. The van der Waals surface area contributed by atoms with Gasteiger partial charge in [0.2, 0.25) is 15.7 Å². The smallest absolute Gasteiger partial charge is 0.248 e. The molecular weight excluding hydrogens is 549 g/mol. The highest BCUT2D eigenvalue weighted by atomic mass is 35.5. The second-order valence-corrected chi connectivity index (χ2v) is 12.4. The normalized spacial score (nSPS) is 19.4. The Kier molecular flexibility index (Phi) is 7.66. The van der Waals surface area contributed by atoms with Crippen molar-refractivity contribution in [2.75, 3.05) is 25.0 Å². The minimum Gasteiger partial charge on any atom is -0.385 e. The number of hydrogen-bond donors (Lipinski definition) is 2. The van der Waals surface area contributed by atoms with E-state index in [-0.39, 0.29) is 20.8 Å². The van der Waals surface area contributed by atoms with Crippen LogP contribution in [-0.2, 0) is 31.4 Å². The molecule has 1 saturated heterocycles. The molecule has 5 rings (SSSR count). The van der Waals surface area contributed by atoms with Gasteiger partial charge in [-0.1, -0.05) is 47.5 Å². The maximum Gasteiger partial charge on any atom is 0.248 e. The number of aliphatic hydroxyl groups is 1. The van der Waals surface area contributed by atoms with Gasteiger partial charge in [0.1, 0.15) is 6.61 Å². The van der Waals surface area contributed by atoms with E-state index in [1.165, 1.54) is 18.2 Å². The van der Waals surface area contributed by atoms with Gasteiger partial charge in [0.05, 0.1) is 26.6 Å². The van der Waals surface area contributed by atoms with E-state index in [0.717, 1.165) is 11.3 Å². The molecule has 3 heterocycles. The third-order valence-electron chi connectivity index (χ3n) is 7.17. The van der Waals surface area contributed by atoms with Crippen LogP contribution in [0.4, 0.5) is 5.69 Å². The number of aromatic nitrogens is 1. The Hall–Kier alpha value is -2.69. The van der Waals surface area contributed by atoms with Crippen LogP contribution in [0.1, 0.15) is 24.0 Å². The molecule has 38 heavy (non-hydrogen) atoms. The molecule has 1 fully saturated rings. The number of carbonyl (C=O) groups is 1. The lowest BCUT2D eigenvalue weighted by Crippen LogP contribution is -2.48. The fourth-order valence-corrected chi connectivity index (χ4v) is 7.01. The van der Waals surface area contributed by atoms with Crippen molar-refractivity contribution in [1.29, 1.82) is 0 Å². The number of benzene rings is 2. The zero-order valence-electron chi connectivity index (χ0n) is 20.4. The average molecular weight is 577 g/mol. The topological polar surface area (TPSA) is 109 Å². The number of nitrogens with one attached hydrogen (secondary N) is 1. The third kappa shape index (κ3) is 5.39. The second kappa shape index (κ2) is 10.8. The molecule has 2 atom stereocenters. The number of fused-ring (bicyclic) bond motifs is 1. The number of rotatable bonds is 7. The number of pyridine rings is 1.